The summed E-state index contributed by atoms with van der Waals surface area (Å²) in [4.78, 5) is 8.12. The summed E-state index contributed by atoms with van der Waals surface area (Å²) in [5.41, 5.74) is 2.03. The fourth-order valence-corrected chi connectivity index (χ4v) is 1.41. The molecule has 0 radical (unpaired) electrons. The number of aromatic nitrogens is 3. The summed E-state index contributed by atoms with van der Waals surface area (Å²) in [5.74, 6) is 0. The van der Waals surface area contributed by atoms with Gasteiger partial charge in [-0.3, -0.25) is 4.98 Å². The van der Waals surface area contributed by atoms with Crippen molar-refractivity contribution < 1.29 is 0 Å². The molecular formula is C7H6BrN3. The highest BCUT2D eigenvalue weighted by molar-refractivity contribution is 9.08. The van der Waals surface area contributed by atoms with E-state index in [0.29, 0.717) is 0 Å². The highest BCUT2D eigenvalue weighted by atomic mass is 79.9. The highest BCUT2D eigenvalue weighted by Gasteiger charge is 1.98. The minimum Gasteiger partial charge on any atom is -0.300 e. The second kappa shape index (κ2) is 2.62. The van der Waals surface area contributed by atoms with Gasteiger partial charge in [0.05, 0.1) is 18.1 Å². The summed E-state index contributed by atoms with van der Waals surface area (Å²) >= 11 is 3.38. The van der Waals surface area contributed by atoms with Gasteiger partial charge in [0.1, 0.15) is 0 Å². The van der Waals surface area contributed by atoms with Gasteiger partial charge in [-0.2, -0.15) is 0 Å². The molecule has 0 aliphatic heterocycles. The molecule has 0 aromatic carbocycles. The van der Waals surface area contributed by atoms with E-state index in [1.165, 1.54) is 0 Å². The van der Waals surface area contributed by atoms with E-state index in [1.807, 2.05) is 16.8 Å². The molecule has 0 N–H and O–H groups in total. The number of alkyl halides is 1. The van der Waals surface area contributed by atoms with Crippen molar-refractivity contribution in [1.82, 2.24) is 14.4 Å². The Labute approximate surface area is 72.2 Å². The van der Waals surface area contributed by atoms with Crippen LogP contribution in [-0.2, 0) is 5.33 Å². The molecule has 3 nitrogen and oxygen atoms in total. The molecule has 0 fully saturated rings. The Bertz CT molecular complexity index is 368. The molecule has 4 heteroatoms. The summed E-state index contributed by atoms with van der Waals surface area (Å²) in [5, 5.41) is 0.818. The van der Waals surface area contributed by atoms with Crippen LogP contribution in [0.1, 0.15) is 5.69 Å². The molecule has 0 bridgehead atoms. The zero-order valence-electron chi connectivity index (χ0n) is 5.74. The average Bonchev–Trinajstić information content (AvgIpc) is 2.47. The fraction of sp³-hybridized carbons (Fsp3) is 0.143. The first-order chi connectivity index (χ1) is 5.42. The average molecular weight is 212 g/mol. The normalized spacial score (nSPS) is 10.6. The molecule has 2 rings (SSSR count). The molecule has 56 valence electrons. The van der Waals surface area contributed by atoms with E-state index in [2.05, 4.69) is 25.9 Å². The number of halogens is 1. The van der Waals surface area contributed by atoms with Crippen LogP contribution in [0.25, 0.3) is 5.65 Å². The lowest BCUT2D eigenvalue weighted by Crippen LogP contribution is -1.88. The van der Waals surface area contributed by atoms with Crippen molar-refractivity contribution in [2.75, 3.05) is 0 Å². The van der Waals surface area contributed by atoms with Crippen LogP contribution in [-0.4, -0.2) is 14.4 Å². The van der Waals surface area contributed by atoms with Crippen molar-refractivity contribution in [3.8, 4) is 0 Å². The van der Waals surface area contributed by atoms with Crippen LogP contribution in [0.3, 0.4) is 0 Å². The number of nitrogens with zero attached hydrogens (tertiary/aromatic N) is 3. The standard InChI is InChI=1S/C7H6BrN3/c8-3-6-4-10-7-5-9-1-2-11(6)7/h1-2,4-5H,3H2. The van der Waals surface area contributed by atoms with Crippen molar-refractivity contribution >= 4 is 21.6 Å². The van der Waals surface area contributed by atoms with E-state index in [1.54, 1.807) is 12.4 Å². The van der Waals surface area contributed by atoms with Gasteiger partial charge in [0, 0.05) is 17.7 Å². The monoisotopic (exact) mass is 211 g/mol. The first kappa shape index (κ1) is 6.79. The molecule has 0 saturated carbocycles. The van der Waals surface area contributed by atoms with Crippen molar-refractivity contribution in [1.29, 1.82) is 0 Å². The van der Waals surface area contributed by atoms with Gasteiger partial charge < -0.3 is 4.40 Å². The topological polar surface area (TPSA) is 30.2 Å². The summed E-state index contributed by atoms with van der Waals surface area (Å²) in [6, 6.07) is 0. The van der Waals surface area contributed by atoms with Gasteiger partial charge in [0.2, 0.25) is 0 Å². The Kier molecular flexibility index (Phi) is 1.62. The Balaban J connectivity index is 2.76. The van der Waals surface area contributed by atoms with Crippen LogP contribution < -0.4 is 0 Å². The van der Waals surface area contributed by atoms with Crippen molar-refractivity contribution in [3.05, 3.63) is 30.5 Å². The summed E-state index contributed by atoms with van der Waals surface area (Å²) < 4.78 is 2.00. The van der Waals surface area contributed by atoms with E-state index < -0.39 is 0 Å². The third-order valence-electron chi connectivity index (χ3n) is 1.53. The number of imidazole rings is 1. The molecule has 11 heavy (non-hydrogen) atoms. The van der Waals surface area contributed by atoms with Crippen LogP contribution in [0.5, 0.6) is 0 Å². The predicted molar refractivity (Wildman–Crippen MR) is 45.6 cm³/mol. The van der Waals surface area contributed by atoms with Crippen LogP contribution in [0.15, 0.2) is 24.8 Å². The molecule has 0 spiro atoms. The van der Waals surface area contributed by atoms with Gasteiger partial charge in [-0.05, 0) is 0 Å². The second-order valence-corrected chi connectivity index (χ2v) is 2.75. The Hall–Kier alpha value is -0.900. The molecular weight excluding hydrogens is 206 g/mol. The maximum atomic E-state index is 4.16. The first-order valence-corrected chi connectivity index (χ1v) is 4.36. The maximum absolute atomic E-state index is 4.16. The molecule has 0 atom stereocenters. The molecule has 2 heterocycles. The zero-order valence-corrected chi connectivity index (χ0v) is 7.32. The molecule has 2 aromatic rings. The molecule has 0 aliphatic carbocycles. The largest absolute Gasteiger partial charge is 0.300 e. The van der Waals surface area contributed by atoms with E-state index in [4.69, 9.17) is 0 Å². The molecule has 0 saturated heterocycles. The van der Waals surface area contributed by atoms with E-state index >= 15 is 0 Å². The Morgan fingerprint density at radius 3 is 3.18 bits per heavy atom. The van der Waals surface area contributed by atoms with Gasteiger partial charge in [0.15, 0.2) is 5.65 Å². The van der Waals surface area contributed by atoms with E-state index in [9.17, 15) is 0 Å². The second-order valence-electron chi connectivity index (χ2n) is 2.19. The Morgan fingerprint density at radius 2 is 2.36 bits per heavy atom. The zero-order chi connectivity index (χ0) is 7.68. The van der Waals surface area contributed by atoms with Crippen LogP contribution in [0.2, 0.25) is 0 Å². The third-order valence-corrected chi connectivity index (χ3v) is 2.11. The van der Waals surface area contributed by atoms with E-state index in [-0.39, 0.29) is 0 Å². The number of hydrogen-bond acceptors (Lipinski definition) is 2. The fourth-order valence-electron chi connectivity index (χ4n) is 0.994. The summed E-state index contributed by atoms with van der Waals surface area (Å²) in [6.45, 7) is 0. The van der Waals surface area contributed by atoms with Gasteiger partial charge >= 0.3 is 0 Å². The third kappa shape index (κ3) is 1.03. The summed E-state index contributed by atoms with van der Waals surface area (Å²) in [7, 11) is 0. The maximum Gasteiger partial charge on any atom is 0.155 e. The lowest BCUT2D eigenvalue weighted by Gasteiger charge is -1.93. The summed E-state index contributed by atoms with van der Waals surface area (Å²) in [6.07, 6.45) is 7.23. The minimum absolute atomic E-state index is 0.818. The molecule has 0 unspecified atom stereocenters. The minimum atomic E-state index is 0.818. The highest BCUT2D eigenvalue weighted by Crippen LogP contribution is 2.07. The predicted octanol–water partition coefficient (Wildman–Crippen LogP) is 1.62. The van der Waals surface area contributed by atoms with Crippen molar-refractivity contribution in [2.45, 2.75) is 5.33 Å². The molecule has 0 amide bonds. The smallest absolute Gasteiger partial charge is 0.155 e. The van der Waals surface area contributed by atoms with Crippen molar-refractivity contribution in [3.63, 3.8) is 0 Å². The lowest BCUT2D eigenvalue weighted by atomic mass is 10.5. The quantitative estimate of drug-likeness (QED) is 0.672. The Morgan fingerprint density at radius 1 is 1.45 bits per heavy atom. The van der Waals surface area contributed by atoms with Gasteiger partial charge in [0.25, 0.3) is 0 Å². The van der Waals surface area contributed by atoms with Crippen LogP contribution in [0, 0.1) is 0 Å². The van der Waals surface area contributed by atoms with E-state index in [0.717, 1.165) is 16.7 Å². The van der Waals surface area contributed by atoms with Crippen LogP contribution in [0.4, 0.5) is 0 Å². The van der Waals surface area contributed by atoms with Gasteiger partial charge in [-0.15, -0.1) is 0 Å². The first-order valence-electron chi connectivity index (χ1n) is 3.24. The molecule has 2 aromatic heterocycles. The SMILES string of the molecule is BrCc1cnc2cnccn12. The molecule has 0 aliphatic rings. The number of hydrogen-bond donors (Lipinski definition) is 0. The van der Waals surface area contributed by atoms with Crippen LogP contribution >= 0.6 is 15.9 Å². The van der Waals surface area contributed by atoms with Gasteiger partial charge in [-0.1, -0.05) is 15.9 Å². The lowest BCUT2D eigenvalue weighted by molar-refractivity contribution is 1.07. The van der Waals surface area contributed by atoms with Gasteiger partial charge in [-0.25, -0.2) is 4.98 Å². The number of rotatable bonds is 1. The number of fused-ring (bicyclic) bond motifs is 1. The van der Waals surface area contributed by atoms with Crippen molar-refractivity contribution in [2.24, 2.45) is 0 Å².